The van der Waals surface area contributed by atoms with Crippen LogP contribution < -0.4 is 15.0 Å². The number of rotatable bonds is 6. The van der Waals surface area contributed by atoms with Gasteiger partial charge in [-0.15, -0.1) is 11.3 Å². The molecule has 0 saturated carbocycles. The maximum Gasteiger partial charge on any atom is 0.420 e. The molecule has 11 heteroatoms. The van der Waals surface area contributed by atoms with E-state index in [1.807, 2.05) is 13.8 Å². The van der Waals surface area contributed by atoms with Gasteiger partial charge in [0.1, 0.15) is 22.8 Å². The highest BCUT2D eigenvalue weighted by Gasteiger charge is 2.35. The molecular formula is C20H20F3N5O2S. The van der Waals surface area contributed by atoms with Crippen molar-refractivity contribution in [1.82, 2.24) is 15.0 Å². The fourth-order valence-electron chi connectivity index (χ4n) is 2.56. The Morgan fingerprint density at radius 2 is 1.94 bits per heavy atom. The van der Waals surface area contributed by atoms with Crippen LogP contribution in [0.1, 0.15) is 26.3 Å². The van der Waals surface area contributed by atoms with E-state index in [1.165, 1.54) is 20.2 Å². The molecule has 0 unspecified atom stereocenters. The topological polar surface area (TPSA) is 80.2 Å². The molecule has 0 radical (unpaired) electrons. The number of thiazole rings is 1. The summed E-state index contributed by atoms with van der Waals surface area (Å²) >= 11 is 1.12. The fourth-order valence-corrected chi connectivity index (χ4v) is 3.26. The number of halogens is 3. The van der Waals surface area contributed by atoms with Crippen LogP contribution in [-0.2, 0) is 11.0 Å². The number of carbonyl (C=O) groups is 1. The molecule has 1 amide bonds. The zero-order valence-corrected chi connectivity index (χ0v) is 18.0. The number of pyridine rings is 2. The SMILES string of the molecule is CC(=O)N(C)c1cnc(Nc2nc(-c3ccc(OC(C)C)cn3)cs2)c(C(F)(F)F)c1. The van der Waals surface area contributed by atoms with Gasteiger partial charge in [-0.25, -0.2) is 9.97 Å². The molecular weight excluding hydrogens is 431 g/mol. The van der Waals surface area contributed by atoms with Gasteiger partial charge in [0.2, 0.25) is 5.91 Å². The summed E-state index contributed by atoms with van der Waals surface area (Å²) in [5.41, 5.74) is 0.106. The van der Waals surface area contributed by atoms with Crippen molar-refractivity contribution in [2.45, 2.75) is 33.1 Å². The summed E-state index contributed by atoms with van der Waals surface area (Å²) < 4.78 is 46.3. The van der Waals surface area contributed by atoms with Gasteiger partial charge in [-0.05, 0) is 32.0 Å². The van der Waals surface area contributed by atoms with Crippen molar-refractivity contribution >= 4 is 33.9 Å². The first-order valence-electron chi connectivity index (χ1n) is 9.21. The van der Waals surface area contributed by atoms with E-state index in [9.17, 15) is 18.0 Å². The maximum atomic E-state index is 13.6. The second-order valence-electron chi connectivity index (χ2n) is 6.87. The summed E-state index contributed by atoms with van der Waals surface area (Å²) in [6.45, 7) is 5.06. The molecule has 3 heterocycles. The van der Waals surface area contributed by atoms with Crippen molar-refractivity contribution in [1.29, 1.82) is 0 Å². The predicted molar refractivity (Wildman–Crippen MR) is 113 cm³/mol. The van der Waals surface area contributed by atoms with E-state index in [0.717, 1.165) is 22.3 Å². The first kappa shape index (κ1) is 22.5. The van der Waals surface area contributed by atoms with Crippen molar-refractivity contribution in [3.05, 3.63) is 41.5 Å². The summed E-state index contributed by atoms with van der Waals surface area (Å²) in [6, 6.07) is 4.35. The van der Waals surface area contributed by atoms with Crippen LogP contribution in [0.4, 0.5) is 29.8 Å². The number of aromatic nitrogens is 3. The molecule has 0 spiro atoms. The molecule has 0 aliphatic heterocycles. The molecule has 0 atom stereocenters. The van der Waals surface area contributed by atoms with Gasteiger partial charge in [0.05, 0.1) is 29.9 Å². The van der Waals surface area contributed by atoms with Crippen LogP contribution in [0.2, 0.25) is 0 Å². The Morgan fingerprint density at radius 1 is 1.19 bits per heavy atom. The summed E-state index contributed by atoms with van der Waals surface area (Å²) in [6.07, 6.45) is -1.89. The number of nitrogens with one attached hydrogen (secondary N) is 1. The maximum absolute atomic E-state index is 13.6. The highest BCUT2D eigenvalue weighted by atomic mass is 32.1. The minimum atomic E-state index is -4.67. The third kappa shape index (κ3) is 5.48. The van der Waals surface area contributed by atoms with Crippen molar-refractivity contribution in [2.75, 3.05) is 17.3 Å². The van der Waals surface area contributed by atoms with Gasteiger partial charge in [-0.1, -0.05) is 0 Å². The summed E-state index contributed by atoms with van der Waals surface area (Å²) in [5.74, 6) is -0.192. The van der Waals surface area contributed by atoms with Gasteiger partial charge in [0, 0.05) is 19.4 Å². The lowest BCUT2D eigenvalue weighted by atomic mass is 10.2. The second-order valence-corrected chi connectivity index (χ2v) is 7.73. The second kappa shape index (κ2) is 8.88. The van der Waals surface area contributed by atoms with Crippen molar-refractivity contribution < 1.29 is 22.7 Å². The number of alkyl halides is 3. The molecule has 0 fully saturated rings. The van der Waals surface area contributed by atoms with E-state index < -0.39 is 23.5 Å². The van der Waals surface area contributed by atoms with E-state index >= 15 is 0 Å². The third-order valence-corrected chi connectivity index (χ3v) is 4.90. The average Bonchev–Trinajstić information content (AvgIpc) is 3.15. The summed E-state index contributed by atoms with van der Waals surface area (Å²) in [7, 11) is 1.38. The van der Waals surface area contributed by atoms with Crippen LogP contribution in [0.5, 0.6) is 5.75 Å². The zero-order valence-electron chi connectivity index (χ0n) is 17.2. The predicted octanol–water partition coefficient (Wildman–Crippen LogP) is 5.13. The van der Waals surface area contributed by atoms with Crippen LogP contribution >= 0.6 is 11.3 Å². The Balaban J connectivity index is 1.85. The van der Waals surface area contributed by atoms with E-state index in [2.05, 4.69) is 20.3 Å². The monoisotopic (exact) mass is 451 g/mol. The molecule has 3 aromatic rings. The van der Waals surface area contributed by atoms with Crippen LogP contribution in [0.3, 0.4) is 0 Å². The van der Waals surface area contributed by atoms with Gasteiger partial charge >= 0.3 is 6.18 Å². The van der Waals surface area contributed by atoms with Gasteiger partial charge in [-0.3, -0.25) is 9.78 Å². The van der Waals surface area contributed by atoms with E-state index in [1.54, 1.807) is 23.7 Å². The number of carbonyl (C=O) groups excluding carboxylic acids is 1. The van der Waals surface area contributed by atoms with E-state index in [-0.39, 0.29) is 16.9 Å². The number of hydrogen-bond acceptors (Lipinski definition) is 7. The van der Waals surface area contributed by atoms with E-state index in [4.69, 9.17) is 4.74 Å². The molecule has 0 aliphatic carbocycles. The highest BCUT2D eigenvalue weighted by Crippen LogP contribution is 2.37. The molecule has 0 aromatic carbocycles. The van der Waals surface area contributed by atoms with Crippen molar-refractivity contribution in [3.8, 4) is 17.1 Å². The first-order valence-corrected chi connectivity index (χ1v) is 10.1. The molecule has 164 valence electrons. The summed E-state index contributed by atoms with van der Waals surface area (Å²) in [4.78, 5) is 25.0. The van der Waals surface area contributed by atoms with Crippen LogP contribution in [0.25, 0.3) is 11.4 Å². The summed E-state index contributed by atoms with van der Waals surface area (Å²) in [5, 5.41) is 4.53. The Kier molecular flexibility index (Phi) is 6.44. The largest absolute Gasteiger partial charge is 0.489 e. The molecule has 0 saturated heterocycles. The minimum absolute atomic E-state index is 0.0136. The molecule has 31 heavy (non-hydrogen) atoms. The lowest BCUT2D eigenvalue weighted by Gasteiger charge is -2.18. The van der Waals surface area contributed by atoms with E-state index in [0.29, 0.717) is 17.1 Å². The Morgan fingerprint density at radius 3 is 2.52 bits per heavy atom. The third-order valence-electron chi connectivity index (χ3n) is 4.14. The smallest absolute Gasteiger partial charge is 0.420 e. The lowest BCUT2D eigenvalue weighted by Crippen LogP contribution is -2.24. The molecule has 1 N–H and O–H groups in total. The van der Waals surface area contributed by atoms with Gasteiger partial charge < -0.3 is 15.0 Å². The molecule has 0 bridgehead atoms. The number of ether oxygens (including phenoxy) is 1. The van der Waals surface area contributed by atoms with Crippen molar-refractivity contribution in [2.24, 2.45) is 0 Å². The number of amides is 1. The zero-order chi connectivity index (χ0) is 22.8. The minimum Gasteiger partial charge on any atom is -0.489 e. The van der Waals surface area contributed by atoms with Gasteiger partial charge in [0.25, 0.3) is 0 Å². The fraction of sp³-hybridized carbons (Fsp3) is 0.300. The molecule has 3 rings (SSSR count). The van der Waals surface area contributed by atoms with Crippen LogP contribution in [0.15, 0.2) is 36.0 Å². The van der Waals surface area contributed by atoms with Crippen molar-refractivity contribution in [3.63, 3.8) is 0 Å². The molecule has 3 aromatic heterocycles. The van der Waals surface area contributed by atoms with Crippen LogP contribution in [0, 0.1) is 0 Å². The normalized spacial score (nSPS) is 11.5. The van der Waals surface area contributed by atoms with Gasteiger partial charge in [-0.2, -0.15) is 13.2 Å². The van der Waals surface area contributed by atoms with Gasteiger partial charge in [0.15, 0.2) is 5.13 Å². The Labute approximate surface area is 180 Å². The quantitative estimate of drug-likeness (QED) is 0.560. The molecule has 0 aliphatic rings. The number of nitrogens with zero attached hydrogens (tertiary/aromatic N) is 4. The number of hydrogen-bond donors (Lipinski definition) is 1. The standard InChI is InChI=1S/C20H20F3N5O2S/c1-11(2)30-14-5-6-16(24-9-14)17-10-31-19(26-17)27-18-15(20(21,22)23)7-13(8-25-18)28(4)12(3)29/h5-11H,1-4H3,(H,25,26,27). The van der Waals surface area contributed by atoms with Crippen LogP contribution in [-0.4, -0.2) is 34.0 Å². The lowest BCUT2D eigenvalue weighted by molar-refractivity contribution is -0.137. The molecule has 7 nitrogen and oxygen atoms in total. The Bertz CT molecular complexity index is 1070. The highest BCUT2D eigenvalue weighted by molar-refractivity contribution is 7.14. The Hall–Kier alpha value is -3.21. The number of anilines is 3. The average molecular weight is 451 g/mol. The first-order chi connectivity index (χ1) is 14.5.